The predicted molar refractivity (Wildman–Crippen MR) is 135 cm³/mol. The molecule has 7 nitrogen and oxygen atoms in total. The van der Waals surface area contributed by atoms with Gasteiger partial charge in [-0.05, 0) is 64.0 Å². The Bertz CT molecular complexity index is 1440. The summed E-state index contributed by atoms with van der Waals surface area (Å²) in [4.78, 5) is 12.4. The molecule has 34 heavy (non-hydrogen) atoms. The lowest BCUT2D eigenvalue weighted by Gasteiger charge is -2.14. The number of nitrogens with one attached hydrogen (secondary N) is 1. The number of ether oxygens (including phenoxy) is 2. The monoisotopic (exact) mass is 581 g/mol. The van der Waals surface area contributed by atoms with Crippen LogP contribution >= 0.6 is 31.9 Å². The highest BCUT2D eigenvalue weighted by Gasteiger charge is 2.14. The van der Waals surface area contributed by atoms with E-state index in [1.165, 1.54) is 13.3 Å². The summed E-state index contributed by atoms with van der Waals surface area (Å²) in [5, 5.41) is 14.1. The van der Waals surface area contributed by atoms with Gasteiger partial charge in [0, 0.05) is 15.4 Å². The van der Waals surface area contributed by atoms with Crippen molar-refractivity contribution in [3.63, 3.8) is 0 Å². The lowest BCUT2D eigenvalue weighted by atomic mass is 10.1. The maximum atomic E-state index is 12.4. The number of furan rings is 1. The molecule has 170 valence electrons. The van der Waals surface area contributed by atoms with Gasteiger partial charge in [-0.3, -0.25) is 4.79 Å². The topological polar surface area (TPSA) is 96.8 Å². The zero-order valence-corrected chi connectivity index (χ0v) is 21.0. The predicted octanol–water partition coefficient (Wildman–Crippen LogP) is 6.18. The standard InChI is InChI=1S/C25H17Br2N3O4/c1-32-22-9-15(8-20(27)24(22)33-14-17-5-3-2-4-16(17)12-28)13-29-30-25(31)23-11-18-10-19(26)6-7-21(18)34-23/h2-11,13H,14H2,1H3,(H,30,31)/b29-13+. The number of carbonyl (C=O) groups excluding carboxylic acids is 1. The van der Waals surface area contributed by atoms with E-state index in [1.807, 2.05) is 24.3 Å². The molecule has 0 spiro atoms. The van der Waals surface area contributed by atoms with Crippen LogP contribution in [0.3, 0.4) is 0 Å². The summed E-state index contributed by atoms with van der Waals surface area (Å²) >= 11 is 6.89. The lowest BCUT2D eigenvalue weighted by molar-refractivity contribution is 0.0929. The molecule has 4 rings (SSSR count). The Morgan fingerprint density at radius 2 is 2.00 bits per heavy atom. The quantitative estimate of drug-likeness (QED) is 0.207. The fraction of sp³-hybridized carbons (Fsp3) is 0.0800. The Hall–Kier alpha value is -3.61. The van der Waals surface area contributed by atoms with E-state index in [-0.39, 0.29) is 12.4 Å². The normalized spacial score (nSPS) is 10.9. The van der Waals surface area contributed by atoms with Gasteiger partial charge < -0.3 is 13.9 Å². The van der Waals surface area contributed by atoms with Crippen LogP contribution in [0.2, 0.25) is 0 Å². The third-order valence-corrected chi connectivity index (χ3v) is 5.93. The second-order valence-corrected chi connectivity index (χ2v) is 8.85. The van der Waals surface area contributed by atoms with Crippen LogP contribution in [0.1, 0.15) is 27.2 Å². The minimum absolute atomic E-state index is 0.158. The van der Waals surface area contributed by atoms with Crippen LogP contribution in [-0.4, -0.2) is 19.2 Å². The van der Waals surface area contributed by atoms with E-state index in [0.717, 1.165) is 15.4 Å². The maximum absolute atomic E-state index is 12.4. The summed E-state index contributed by atoms with van der Waals surface area (Å²) < 4.78 is 18.5. The Labute approximate surface area is 212 Å². The molecule has 9 heteroatoms. The average Bonchev–Trinajstić information content (AvgIpc) is 3.26. The van der Waals surface area contributed by atoms with Gasteiger partial charge in [0.25, 0.3) is 0 Å². The van der Waals surface area contributed by atoms with Crippen LogP contribution < -0.4 is 14.9 Å². The first-order valence-electron chi connectivity index (χ1n) is 9.99. The Morgan fingerprint density at radius 3 is 2.79 bits per heavy atom. The fourth-order valence-electron chi connectivity index (χ4n) is 3.21. The molecule has 1 amide bonds. The number of hydrogen-bond donors (Lipinski definition) is 1. The van der Waals surface area contributed by atoms with Crippen LogP contribution in [0.25, 0.3) is 11.0 Å². The van der Waals surface area contributed by atoms with Gasteiger partial charge in [-0.1, -0.05) is 34.1 Å². The molecule has 0 bridgehead atoms. The van der Waals surface area contributed by atoms with E-state index < -0.39 is 5.91 Å². The number of nitrogens with zero attached hydrogens (tertiary/aromatic N) is 2. The minimum Gasteiger partial charge on any atom is -0.493 e. The van der Waals surface area contributed by atoms with E-state index in [1.54, 1.807) is 36.4 Å². The van der Waals surface area contributed by atoms with Crippen LogP contribution in [0, 0.1) is 11.3 Å². The van der Waals surface area contributed by atoms with Gasteiger partial charge in [0.1, 0.15) is 12.2 Å². The zero-order chi connectivity index (χ0) is 24.1. The average molecular weight is 583 g/mol. The van der Waals surface area contributed by atoms with Crippen molar-refractivity contribution in [3.8, 4) is 17.6 Å². The summed E-state index contributed by atoms with van der Waals surface area (Å²) in [6.07, 6.45) is 1.49. The number of fused-ring (bicyclic) bond motifs is 1. The highest BCUT2D eigenvalue weighted by Crippen LogP contribution is 2.37. The van der Waals surface area contributed by atoms with Crippen molar-refractivity contribution < 1.29 is 18.7 Å². The number of carbonyl (C=O) groups is 1. The SMILES string of the molecule is COc1cc(/C=N/NC(=O)c2cc3cc(Br)ccc3o2)cc(Br)c1OCc1ccccc1C#N. The van der Waals surface area contributed by atoms with Gasteiger partial charge in [0.2, 0.25) is 0 Å². The Kier molecular flexibility index (Phi) is 7.30. The molecule has 1 N–H and O–H groups in total. The third-order valence-electron chi connectivity index (χ3n) is 4.84. The van der Waals surface area contributed by atoms with E-state index in [2.05, 4.69) is 48.5 Å². The van der Waals surface area contributed by atoms with Gasteiger partial charge in [0.05, 0.1) is 29.4 Å². The summed E-state index contributed by atoms with van der Waals surface area (Å²) in [5.41, 5.74) is 5.06. The van der Waals surface area contributed by atoms with Gasteiger partial charge >= 0.3 is 5.91 Å². The second-order valence-electron chi connectivity index (χ2n) is 7.08. The lowest BCUT2D eigenvalue weighted by Crippen LogP contribution is -2.16. The largest absolute Gasteiger partial charge is 0.493 e. The summed E-state index contributed by atoms with van der Waals surface area (Å²) in [7, 11) is 1.53. The molecule has 1 heterocycles. The number of hydrogen-bond acceptors (Lipinski definition) is 6. The van der Waals surface area contributed by atoms with Gasteiger partial charge in [-0.15, -0.1) is 0 Å². The summed E-state index contributed by atoms with van der Waals surface area (Å²) in [6, 6.07) is 20.0. The van der Waals surface area contributed by atoms with Crippen molar-refractivity contribution in [1.82, 2.24) is 5.43 Å². The first-order chi connectivity index (χ1) is 16.5. The molecule has 3 aromatic carbocycles. The van der Waals surface area contributed by atoms with Crippen molar-refractivity contribution in [2.24, 2.45) is 5.10 Å². The first kappa shape index (κ1) is 23.5. The zero-order valence-electron chi connectivity index (χ0n) is 17.8. The molecule has 0 radical (unpaired) electrons. The van der Waals surface area contributed by atoms with Crippen LogP contribution in [0.4, 0.5) is 0 Å². The molecule has 4 aromatic rings. The van der Waals surface area contributed by atoms with Crippen molar-refractivity contribution in [1.29, 1.82) is 5.26 Å². The number of benzene rings is 3. The third kappa shape index (κ3) is 5.30. The second kappa shape index (κ2) is 10.5. The number of halogens is 2. The summed E-state index contributed by atoms with van der Waals surface area (Å²) in [6.45, 7) is 0.205. The fourth-order valence-corrected chi connectivity index (χ4v) is 4.16. The molecule has 1 aromatic heterocycles. The van der Waals surface area contributed by atoms with Crippen molar-refractivity contribution in [2.45, 2.75) is 6.61 Å². The van der Waals surface area contributed by atoms with E-state index in [9.17, 15) is 10.1 Å². The van der Waals surface area contributed by atoms with E-state index in [0.29, 0.717) is 32.7 Å². The first-order valence-corrected chi connectivity index (χ1v) is 11.6. The summed E-state index contributed by atoms with van der Waals surface area (Å²) in [5.74, 6) is 0.653. The molecular formula is C25H17Br2N3O4. The molecule has 0 saturated carbocycles. The number of nitriles is 1. The van der Waals surface area contributed by atoms with Crippen LogP contribution in [-0.2, 0) is 6.61 Å². The molecule has 0 atom stereocenters. The number of amides is 1. The van der Waals surface area contributed by atoms with E-state index >= 15 is 0 Å². The molecule has 0 aliphatic rings. The van der Waals surface area contributed by atoms with Gasteiger partial charge in [-0.25, -0.2) is 5.43 Å². The molecule has 0 aliphatic heterocycles. The van der Waals surface area contributed by atoms with Crippen molar-refractivity contribution >= 4 is 55.0 Å². The van der Waals surface area contributed by atoms with Gasteiger partial charge in [0.15, 0.2) is 17.3 Å². The van der Waals surface area contributed by atoms with Crippen LogP contribution in [0.5, 0.6) is 11.5 Å². The highest BCUT2D eigenvalue weighted by atomic mass is 79.9. The molecular weight excluding hydrogens is 566 g/mol. The molecule has 0 fully saturated rings. The molecule has 0 saturated heterocycles. The molecule has 0 unspecified atom stereocenters. The molecule has 0 aliphatic carbocycles. The Morgan fingerprint density at radius 1 is 1.18 bits per heavy atom. The van der Waals surface area contributed by atoms with Crippen LogP contribution in [0.15, 0.2) is 79.1 Å². The highest BCUT2D eigenvalue weighted by molar-refractivity contribution is 9.10. The van der Waals surface area contributed by atoms with E-state index in [4.69, 9.17) is 13.9 Å². The smallest absolute Gasteiger partial charge is 0.307 e. The number of methoxy groups -OCH3 is 1. The van der Waals surface area contributed by atoms with Crippen molar-refractivity contribution in [3.05, 3.63) is 92.1 Å². The van der Waals surface area contributed by atoms with Crippen molar-refractivity contribution in [2.75, 3.05) is 7.11 Å². The minimum atomic E-state index is -0.467. The number of rotatable bonds is 7. The van der Waals surface area contributed by atoms with Gasteiger partial charge in [-0.2, -0.15) is 10.4 Å². The number of hydrazone groups is 1. The maximum Gasteiger partial charge on any atom is 0.307 e. The Balaban J connectivity index is 1.46.